The van der Waals surface area contributed by atoms with Crippen molar-refractivity contribution in [3.8, 4) is 5.75 Å². The second-order valence-electron chi connectivity index (χ2n) is 8.78. The number of aromatic nitrogens is 1. The zero-order valence-corrected chi connectivity index (χ0v) is 17.1. The van der Waals surface area contributed by atoms with Gasteiger partial charge in [-0.3, -0.25) is 4.98 Å². The van der Waals surface area contributed by atoms with Crippen molar-refractivity contribution in [1.82, 2.24) is 4.98 Å². The van der Waals surface area contributed by atoms with Crippen LogP contribution in [-0.4, -0.2) is 41.5 Å². The molecule has 0 aliphatic carbocycles. The second kappa shape index (κ2) is 6.22. The molecule has 2 aromatic rings. The Morgan fingerprint density at radius 1 is 1.20 bits per heavy atom. The Morgan fingerprint density at radius 2 is 2.00 bits per heavy atom. The molecule has 2 spiro atoms. The van der Waals surface area contributed by atoms with Gasteiger partial charge >= 0.3 is 0 Å². The first-order valence-electron chi connectivity index (χ1n) is 9.98. The third-order valence-electron chi connectivity index (χ3n) is 6.76. The molecule has 0 saturated carbocycles. The van der Waals surface area contributed by atoms with Crippen molar-refractivity contribution in [3.05, 3.63) is 58.2 Å². The maximum absolute atomic E-state index is 10.6. The standard InChI is InChI=1S/C23H25N3O4/c1-14-4-6-16(10-25-14)18(27)9-15-5-7-19-17(8-15)23(13-29-20(24)26-23)22(11-28-12-22)21(2,3)30-19/h4-8,10,27H,1,9,11-13H2,2-3H3,(H2,24,26). The first-order chi connectivity index (χ1) is 14.3. The molecule has 1 aromatic carbocycles. The zero-order chi connectivity index (χ0) is 21.1. The maximum atomic E-state index is 10.6. The lowest BCUT2D eigenvalue weighted by Crippen LogP contribution is -2.71. The molecule has 0 bridgehead atoms. The highest BCUT2D eigenvalue weighted by molar-refractivity contribution is 5.75. The molecule has 1 aromatic heterocycles. The van der Waals surface area contributed by atoms with E-state index in [4.69, 9.17) is 24.9 Å². The number of nitrogens with zero attached hydrogens (tertiary/aromatic N) is 2. The summed E-state index contributed by atoms with van der Waals surface area (Å²) in [6, 6.07) is 9.71. The van der Waals surface area contributed by atoms with E-state index in [2.05, 4.69) is 25.4 Å². The molecule has 7 heteroatoms. The van der Waals surface area contributed by atoms with Gasteiger partial charge in [0, 0.05) is 23.4 Å². The number of ether oxygens (including phenoxy) is 3. The molecule has 0 amide bonds. The van der Waals surface area contributed by atoms with E-state index < -0.39 is 11.1 Å². The third-order valence-corrected chi connectivity index (χ3v) is 6.76. The Kier molecular flexibility index (Phi) is 3.92. The molecule has 7 nitrogen and oxygen atoms in total. The molecule has 156 valence electrons. The van der Waals surface area contributed by atoms with Gasteiger partial charge in [0.05, 0.1) is 24.0 Å². The van der Waals surface area contributed by atoms with Crippen molar-refractivity contribution in [3.63, 3.8) is 0 Å². The van der Waals surface area contributed by atoms with E-state index in [-0.39, 0.29) is 17.2 Å². The van der Waals surface area contributed by atoms with Gasteiger partial charge in [0.1, 0.15) is 29.3 Å². The molecular weight excluding hydrogens is 382 g/mol. The average Bonchev–Trinajstić information content (AvgIpc) is 3.03. The molecule has 0 radical (unpaired) electrons. The first kappa shape index (κ1) is 18.9. The summed E-state index contributed by atoms with van der Waals surface area (Å²) in [6.07, 6.45) is 1.98. The first-order valence-corrected chi connectivity index (χ1v) is 9.98. The van der Waals surface area contributed by atoms with Crippen molar-refractivity contribution < 1.29 is 19.3 Å². The molecule has 5 rings (SSSR count). The highest BCUT2D eigenvalue weighted by Crippen LogP contribution is 2.62. The van der Waals surface area contributed by atoms with Crippen LogP contribution in [0.2, 0.25) is 0 Å². The summed E-state index contributed by atoms with van der Waals surface area (Å²) in [7, 11) is 0. The van der Waals surface area contributed by atoms with Crippen LogP contribution in [0, 0.1) is 5.41 Å². The van der Waals surface area contributed by atoms with E-state index in [0.717, 1.165) is 16.9 Å². The molecule has 4 heterocycles. The Labute approximate surface area is 174 Å². The maximum Gasteiger partial charge on any atom is 0.283 e. The largest absolute Gasteiger partial charge is 0.511 e. The summed E-state index contributed by atoms with van der Waals surface area (Å²) < 4.78 is 17.8. The number of aliphatic imine (C=N–C) groups is 1. The number of aliphatic hydroxyl groups is 1. The fraction of sp³-hybridized carbons (Fsp3) is 0.391. The topological polar surface area (TPSA) is 99.2 Å². The number of amidine groups is 1. The molecular formula is C23H25N3O4. The number of nitrogens with two attached hydrogens (primary N) is 1. The molecule has 3 aliphatic rings. The molecule has 3 aliphatic heterocycles. The fourth-order valence-corrected chi connectivity index (χ4v) is 4.83. The van der Waals surface area contributed by atoms with Gasteiger partial charge in [-0.05, 0) is 43.7 Å². The zero-order valence-electron chi connectivity index (χ0n) is 17.1. The van der Waals surface area contributed by atoms with Gasteiger partial charge < -0.3 is 25.1 Å². The van der Waals surface area contributed by atoms with Crippen molar-refractivity contribution in [2.75, 3.05) is 19.8 Å². The van der Waals surface area contributed by atoms with Crippen molar-refractivity contribution in [1.29, 1.82) is 0 Å². The summed E-state index contributed by atoms with van der Waals surface area (Å²) in [5.74, 6) is 0.992. The van der Waals surface area contributed by atoms with Crippen LogP contribution in [0.4, 0.5) is 0 Å². The quantitative estimate of drug-likeness (QED) is 0.774. The van der Waals surface area contributed by atoms with Crippen LogP contribution >= 0.6 is 0 Å². The van der Waals surface area contributed by atoms with E-state index >= 15 is 0 Å². The number of hydrogen-bond donors (Lipinski definition) is 2. The number of rotatable bonds is 2. The van der Waals surface area contributed by atoms with Crippen LogP contribution in [0.3, 0.4) is 0 Å². The highest BCUT2D eigenvalue weighted by atomic mass is 16.5. The monoisotopic (exact) mass is 407 g/mol. The van der Waals surface area contributed by atoms with Crippen molar-refractivity contribution >= 4 is 18.4 Å². The number of benzene rings is 1. The van der Waals surface area contributed by atoms with Crippen LogP contribution in [0.15, 0.2) is 41.5 Å². The molecule has 1 unspecified atom stereocenters. The van der Waals surface area contributed by atoms with Crippen molar-refractivity contribution in [2.24, 2.45) is 16.1 Å². The molecule has 1 atom stereocenters. The van der Waals surface area contributed by atoms with Gasteiger partial charge in [0.25, 0.3) is 6.02 Å². The van der Waals surface area contributed by atoms with E-state index in [1.54, 1.807) is 12.3 Å². The average molecular weight is 407 g/mol. The fourth-order valence-electron chi connectivity index (χ4n) is 4.83. The lowest BCUT2D eigenvalue weighted by molar-refractivity contribution is -0.247. The summed E-state index contributed by atoms with van der Waals surface area (Å²) in [5, 5.41) is 12.0. The summed E-state index contributed by atoms with van der Waals surface area (Å²) in [5.41, 5.74) is 6.26. The lowest BCUT2D eigenvalue weighted by Gasteiger charge is -2.61. The van der Waals surface area contributed by atoms with E-state index in [1.807, 2.05) is 24.3 Å². The Morgan fingerprint density at radius 3 is 2.60 bits per heavy atom. The lowest BCUT2D eigenvalue weighted by atomic mass is 9.55. The predicted molar refractivity (Wildman–Crippen MR) is 112 cm³/mol. The predicted octanol–water partition coefficient (Wildman–Crippen LogP) is 1.13. The molecule has 1 saturated heterocycles. The Bertz CT molecular complexity index is 1150. The Hall–Kier alpha value is -3.06. The van der Waals surface area contributed by atoms with E-state index in [1.165, 1.54) is 0 Å². The minimum atomic E-state index is -0.685. The van der Waals surface area contributed by atoms with Crippen LogP contribution in [0.1, 0.15) is 25.0 Å². The van der Waals surface area contributed by atoms with Gasteiger partial charge in [0.15, 0.2) is 0 Å². The minimum absolute atomic E-state index is 0.184. The summed E-state index contributed by atoms with van der Waals surface area (Å²) >= 11 is 0. The number of aliphatic hydroxyl groups excluding tert-OH is 1. The van der Waals surface area contributed by atoms with Crippen LogP contribution in [-0.2, 0) is 21.4 Å². The highest BCUT2D eigenvalue weighted by Gasteiger charge is 2.71. The van der Waals surface area contributed by atoms with Gasteiger partial charge in [0.2, 0.25) is 0 Å². The van der Waals surface area contributed by atoms with Crippen LogP contribution < -0.4 is 21.0 Å². The van der Waals surface area contributed by atoms with Gasteiger partial charge in [-0.15, -0.1) is 0 Å². The van der Waals surface area contributed by atoms with Crippen LogP contribution in [0.25, 0.3) is 12.3 Å². The van der Waals surface area contributed by atoms with Gasteiger partial charge in [-0.1, -0.05) is 12.6 Å². The molecule has 30 heavy (non-hydrogen) atoms. The number of hydrogen-bond acceptors (Lipinski definition) is 7. The number of pyridine rings is 1. The second-order valence-corrected chi connectivity index (χ2v) is 8.78. The SMILES string of the molecule is C=c1ccc(=C(O)Cc2ccc3c(c2)C2(COC(N)=N2)C2(COC2)C(C)(C)O3)cn1. The normalized spacial score (nSPS) is 26.3. The molecule has 3 N–H and O–H groups in total. The summed E-state index contributed by atoms with van der Waals surface area (Å²) in [4.78, 5) is 8.96. The summed E-state index contributed by atoms with van der Waals surface area (Å²) in [6.45, 7) is 9.29. The van der Waals surface area contributed by atoms with E-state index in [0.29, 0.717) is 36.8 Å². The van der Waals surface area contributed by atoms with Crippen LogP contribution in [0.5, 0.6) is 5.75 Å². The Balaban J connectivity index is 1.62. The molecule has 1 fully saturated rings. The van der Waals surface area contributed by atoms with Crippen molar-refractivity contribution in [2.45, 2.75) is 31.4 Å². The third kappa shape index (κ3) is 2.48. The minimum Gasteiger partial charge on any atom is -0.511 e. The smallest absolute Gasteiger partial charge is 0.283 e. The number of fused-ring (bicyclic) bond motifs is 3. The van der Waals surface area contributed by atoms with Gasteiger partial charge in [-0.25, -0.2) is 4.99 Å². The van der Waals surface area contributed by atoms with Gasteiger partial charge in [-0.2, -0.15) is 0 Å². The van der Waals surface area contributed by atoms with E-state index in [9.17, 15) is 5.11 Å².